The molecule has 0 bridgehead atoms. The van der Waals surface area contributed by atoms with Crippen LogP contribution in [0.25, 0.3) is 0 Å². The maximum atomic E-state index is 12.5. The summed E-state index contributed by atoms with van der Waals surface area (Å²) in [5.74, 6) is 0.264. The smallest absolute Gasteiger partial charge is 0.254 e. The number of piperazine rings is 1. The fraction of sp³-hybridized carbons (Fsp3) is 0.500. The number of benzene rings is 1. The second-order valence-corrected chi connectivity index (χ2v) is 5.95. The van der Waals surface area contributed by atoms with Gasteiger partial charge in [0.25, 0.3) is 5.91 Å². The average Bonchev–Trinajstić information content (AvgIpc) is 3.31. The van der Waals surface area contributed by atoms with Gasteiger partial charge in [-0.25, -0.2) is 0 Å². The van der Waals surface area contributed by atoms with Crippen molar-refractivity contribution >= 4 is 29.9 Å². The van der Waals surface area contributed by atoms with Gasteiger partial charge in [-0.1, -0.05) is 6.07 Å². The molecule has 22 heavy (non-hydrogen) atoms. The molecule has 1 unspecified atom stereocenters. The number of hydrogen-bond acceptors (Lipinski definition) is 3. The highest BCUT2D eigenvalue weighted by Gasteiger charge is 2.29. The standard InChI is InChI=1S/C16H21N3O2.ClH/c1-11-10-19(8-7-17-11)16(21)13-3-2-4-14(9-13)18-15(20)12-5-6-12;/h2-4,9,11-12,17H,5-8,10H2,1H3,(H,18,20);1H. The SMILES string of the molecule is CC1CN(C(=O)c2cccc(NC(=O)C3CC3)c2)CCN1.Cl. The van der Waals surface area contributed by atoms with Crippen LogP contribution >= 0.6 is 12.4 Å². The van der Waals surface area contributed by atoms with E-state index in [1.54, 1.807) is 6.07 Å². The predicted molar refractivity (Wildman–Crippen MR) is 88.4 cm³/mol. The van der Waals surface area contributed by atoms with Gasteiger partial charge in [-0.15, -0.1) is 12.4 Å². The molecule has 1 saturated carbocycles. The second-order valence-electron chi connectivity index (χ2n) is 5.95. The summed E-state index contributed by atoms with van der Waals surface area (Å²) >= 11 is 0. The Labute approximate surface area is 136 Å². The van der Waals surface area contributed by atoms with Crippen LogP contribution in [0.2, 0.25) is 0 Å². The van der Waals surface area contributed by atoms with E-state index >= 15 is 0 Å². The molecule has 1 aliphatic carbocycles. The molecule has 1 saturated heterocycles. The number of anilines is 1. The Bertz CT molecular complexity index is 560. The number of rotatable bonds is 3. The van der Waals surface area contributed by atoms with E-state index in [2.05, 4.69) is 17.6 Å². The van der Waals surface area contributed by atoms with E-state index in [-0.39, 0.29) is 30.1 Å². The normalized spacial score (nSPS) is 21.0. The molecule has 2 N–H and O–H groups in total. The van der Waals surface area contributed by atoms with Gasteiger partial charge >= 0.3 is 0 Å². The molecule has 1 heterocycles. The number of carbonyl (C=O) groups is 2. The summed E-state index contributed by atoms with van der Waals surface area (Å²) in [7, 11) is 0. The van der Waals surface area contributed by atoms with Gasteiger partial charge in [-0.05, 0) is 38.0 Å². The predicted octanol–water partition coefficient (Wildman–Crippen LogP) is 1.89. The molecule has 3 rings (SSSR count). The summed E-state index contributed by atoms with van der Waals surface area (Å²) in [6, 6.07) is 7.55. The minimum absolute atomic E-state index is 0. The number of halogens is 1. The third kappa shape index (κ3) is 3.99. The first kappa shape index (κ1) is 16.8. The largest absolute Gasteiger partial charge is 0.336 e. The van der Waals surface area contributed by atoms with Gasteiger partial charge in [-0.3, -0.25) is 9.59 Å². The molecule has 2 amide bonds. The third-order valence-electron chi connectivity index (χ3n) is 3.98. The van der Waals surface area contributed by atoms with Gasteiger partial charge < -0.3 is 15.5 Å². The van der Waals surface area contributed by atoms with Gasteiger partial charge in [0, 0.05) is 42.8 Å². The first-order valence-electron chi connectivity index (χ1n) is 7.57. The zero-order valence-corrected chi connectivity index (χ0v) is 13.5. The van der Waals surface area contributed by atoms with E-state index in [4.69, 9.17) is 0 Å². The summed E-state index contributed by atoms with van der Waals surface area (Å²) < 4.78 is 0. The average molecular weight is 324 g/mol. The molecule has 5 nitrogen and oxygen atoms in total. The molecule has 1 aliphatic heterocycles. The summed E-state index contributed by atoms with van der Waals surface area (Å²) in [6.07, 6.45) is 1.95. The first-order valence-corrected chi connectivity index (χ1v) is 7.57. The van der Waals surface area contributed by atoms with Crippen LogP contribution in [0, 0.1) is 5.92 Å². The molecule has 1 aromatic rings. The molecular formula is C16H22ClN3O2. The zero-order chi connectivity index (χ0) is 14.8. The highest BCUT2D eigenvalue weighted by Crippen LogP contribution is 2.30. The van der Waals surface area contributed by atoms with Crippen LogP contribution in [0.4, 0.5) is 5.69 Å². The molecule has 0 aromatic heterocycles. The summed E-state index contributed by atoms with van der Waals surface area (Å²) in [5.41, 5.74) is 1.35. The van der Waals surface area contributed by atoms with Crippen molar-refractivity contribution in [2.24, 2.45) is 5.92 Å². The summed E-state index contributed by atoms with van der Waals surface area (Å²) in [4.78, 5) is 26.2. The van der Waals surface area contributed by atoms with E-state index < -0.39 is 0 Å². The van der Waals surface area contributed by atoms with Crippen molar-refractivity contribution in [3.05, 3.63) is 29.8 Å². The van der Waals surface area contributed by atoms with E-state index in [0.717, 1.165) is 32.5 Å². The lowest BCUT2D eigenvalue weighted by Gasteiger charge is -2.32. The van der Waals surface area contributed by atoms with Crippen molar-refractivity contribution in [2.75, 3.05) is 25.0 Å². The summed E-state index contributed by atoms with van der Waals surface area (Å²) in [5, 5.41) is 6.21. The molecular weight excluding hydrogens is 302 g/mol. The monoisotopic (exact) mass is 323 g/mol. The molecule has 2 fully saturated rings. The Balaban J connectivity index is 0.00000176. The molecule has 1 aromatic carbocycles. The minimum Gasteiger partial charge on any atom is -0.336 e. The quantitative estimate of drug-likeness (QED) is 0.893. The van der Waals surface area contributed by atoms with Gasteiger partial charge in [-0.2, -0.15) is 0 Å². The summed E-state index contributed by atoms with van der Waals surface area (Å²) in [6.45, 7) is 4.34. The lowest BCUT2D eigenvalue weighted by molar-refractivity contribution is -0.117. The number of amides is 2. The van der Waals surface area contributed by atoms with E-state index in [1.807, 2.05) is 23.1 Å². The van der Waals surface area contributed by atoms with E-state index in [9.17, 15) is 9.59 Å². The van der Waals surface area contributed by atoms with Crippen LogP contribution in [-0.4, -0.2) is 42.4 Å². The molecule has 0 radical (unpaired) electrons. The number of nitrogens with one attached hydrogen (secondary N) is 2. The molecule has 0 spiro atoms. The Hall–Kier alpha value is -1.59. The molecule has 1 atom stereocenters. The van der Waals surface area contributed by atoms with Crippen LogP contribution in [0.15, 0.2) is 24.3 Å². The third-order valence-corrected chi connectivity index (χ3v) is 3.98. The second kappa shape index (κ2) is 7.11. The molecule has 2 aliphatic rings. The van der Waals surface area contributed by atoms with Gasteiger partial charge in [0.2, 0.25) is 5.91 Å². The first-order chi connectivity index (χ1) is 10.1. The Morgan fingerprint density at radius 1 is 1.32 bits per heavy atom. The van der Waals surface area contributed by atoms with E-state index in [1.165, 1.54) is 0 Å². The number of carbonyl (C=O) groups excluding carboxylic acids is 2. The Morgan fingerprint density at radius 2 is 2.09 bits per heavy atom. The van der Waals surface area contributed by atoms with Crippen molar-refractivity contribution in [3.63, 3.8) is 0 Å². The van der Waals surface area contributed by atoms with Crippen molar-refractivity contribution in [2.45, 2.75) is 25.8 Å². The lowest BCUT2D eigenvalue weighted by Crippen LogP contribution is -2.51. The minimum atomic E-state index is 0. The fourth-order valence-corrected chi connectivity index (χ4v) is 2.62. The van der Waals surface area contributed by atoms with Crippen LogP contribution < -0.4 is 10.6 Å². The van der Waals surface area contributed by atoms with Crippen molar-refractivity contribution < 1.29 is 9.59 Å². The van der Waals surface area contributed by atoms with Crippen LogP contribution in [0.3, 0.4) is 0 Å². The van der Waals surface area contributed by atoms with Crippen molar-refractivity contribution in [1.29, 1.82) is 0 Å². The van der Waals surface area contributed by atoms with Crippen LogP contribution in [0.1, 0.15) is 30.1 Å². The highest BCUT2D eigenvalue weighted by molar-refractivity contribution is 5.98. The zero-order valence-electron chi connectivity index (χ0n) is 12.7. The topological polar surface area (TPSA) is 61.4 Å². The Kier molecular flexibility index (Phi) is 5.42. The van der Waals surface area contributed by atoms with Crippen LogP contribution in [-0.2, 0) is 4.79 Å². The van der Waals surface area contributed by atoms with Gasteiger partial charge in [0.1, 0.15) is 0 Å². The maximum absolute atomic E-state index is 12.5. The lowest BCUT2D eigenvalue weighted by atomic mass is 10.1. The fourth-order valence-electron chi connectivity index (χ4n) is 2.62. The molecule has 6 heteroatoms. The van der Waals surface area contributed by atoms with E-state index in [0.29, 0.717) is 17.3 Å². The number of hydrogen-bond donors (Lipinski definition) is 2. The Morgan fingerprint density at radius 3 is 2.77 bits per heavy atom. The molecule has 120 valence electrons. The highest BCUT2D eigenvalue weighted by atomic mass is 35.5. The maximum Gasteiger partial charge on any atom is 0.254 e. The van der Waals surface area contributed by atoms with Gasteiger partial charge in [0.05, 0.1) is 0 Å². The van der Waals surface area contributed by atoms with Crippen molar-refractivity contribution in [3.8, 4) is 0 Å². The van der Waals surface area contributed by atoms with Crippen LogP contribution in [0.5, 0.6) is 0 Å². The number of nitrogens with zero attached hydrogens (tertiary/aromatic N) is 1. The van der Waals surface area contributed by atoms with Gasteiger partial charge in [0.15, 0.2) is 0 Å². The van der Waals surface area contributed by atoms with Crippen molar-refractivity contribution in [1.82, 2.24) is 10.2 Å².